The maximum Gasteiger partial charge on any atom is 0.339 e. The number of benzene rings is 1. The highest BCUT2D eigenvalue weighted by molar-refractivity contribution is 7.80. The van der Waals surface area contributed by atoms with Crippen LogP contribution in [0.25, 0.3) is 0 Å². The summed E-state index contributed by atoms with van der Waals surface area (Å²) in [4.78, 5) is 26.1. The number of pyridine rings is 1. The third-order valence-electron chi connectivity index (χ3n) is 5.39. The van der Waals surface area contributed by atoms with E-state index >= 15 is 0 Å². The van der Waals surface area contributed by atoms with Crippen LogP contribution in [0.15, 0.2) is 41.2 Å². The quantitative estimate of drug-likeness (QED) is 0.598. The lowest BCUT2D eigenvalue weighted by Crippen LogP contribution is -2.50. The van der Waals surface area contributed by atoms with E-state index in [1.54, 1.807) is 24.3 Å². The van der Waals surface area contributed by atoms with Crippen LogP contribution in [-0.4, -0.2) is 40.7 Å². The highest BCUT2D eigenvalue weighted by atomic mass is 35.5. The molecule has 0 aliphatic carbocycles. The van der Waals surface area contributed by atoms with Crippen LogP contribution in [0.1, 0.15) is 28.4 Å². The first-order chi connectivity index (χ1) is 13.5. The SMILES string of the molecule is COC(=O)c1cc(NC(=S)N2CC3C[C@@H](C2)Cn2c3cccc2=O)ccc1Cl. The Bertz CT molecular complexity index is 1010. The van der Waals surface area contributed by atoms with Crippen LogP contribution in [0.3, 0.4) is 0 Å². The second-order valence-electron chi connectivity index (χ2n) is 7.22. The smallest absolute Gasteiger partial charge is 0.339 e. The molecule has 1 aromatic heterocycles. The number of likely N-dealkylation sites (tertiary alicyclic amines) is 1. The van der Waals surface area contributed by atoms with E-state index in [1.165, 1.54) is 7.11 Å². The third kappa shape index (κ3) is 3.52. The molecule has 1 saturated heterocycles. The van der Waals surface area contributed by atoms with Crippen LogP contribution < -0.4 is 10.9 Å². The van der Waals surface area contributed by atoms with E-state index in [1.807, 2.05) is 16.7 Å². The van der Waals surface area contributed by atoms with Crippen molar-refractivity contribution in [1.29, 1.82) is 0 Å². The molecule has 2 aliphatic heterocycles. The normalized spacial score (nSPS) is 20.3. The highest BCUT2D eigenvalue weighted by Crippen LogP contribution is 2.35. The fourth-order valence-corrected chi connectivity index (χ4v) is 4.60. The first-order valence-corrected chi connectivity index (χ1v) is 9.88. The monoisotopic (exact) mass is 417 g/mol. The van der Waals surface area contributed by atoms with Gasteiger partial charge in [-0.25, -0.2) is 4.79 Å². The van der Waals surface area contributed by atoms with Crippen molar-refractivity contribution in [2.75, 3.05) is 25.5 Å². The van der Waals surface area contributed by atoms with Gasteiger partial charge < -0.3 is 19.5 Å². The van der Waals surface area contributed by atoms with Gasteiger partial charge in [0, 0.05) is 43.0 Å². The Morgan fingerprint density at radius 1 is 1.25 bits per heavy atom. The van der Waals surface area contributed by atoms with Gasteiger partial charge in [-0.2, -0.15) is 0 Å². The molecule has 8 heteroatoms. The summed E-state index contributed by atoms with van der Waals surface area (Å²) in [6.45, 7) is 2.27. The van der Waals surface area contributed by atoms with Gasteiger partial charge in [-0.3, -0.25) is 4.79 Å². The zero-order chi connectivity index (χ0) is 19.8. The zero-order valence-electron chi connectivity index (χ0n) is 15.4. The summed E-state index contributed by atoms with van der Waals surface area (Å²) < 4.78 is 6.66. The number of fused-ring (bicyclic) bond motifs is 4. The molecular weight excluding hydrogens is 398 g/mol. The van der Waals surface area contributed by atoms with Crippen molar-refractivity contribution < 1.29 is 9.53 Å². The van der Waals surface area contributed by atoms with Crippen LogP contribution in [-0.2, 0) is 11.3 Å². The summed E-state index contributed by atoms with van der Waals surface area (Å²) in [6, 6.07) is 10.5. The molecule has 0 amide bonds. The molecule has 0 radical (unpaired) electrons. The van der Waals surface area contributed by atoms with E-state index < -0.39 is 5.97 Å². The maximum atomic E-state index is 12.2. The molecule has 0 saturated carbocycles. The zero-order valence-corrected chi connectivity index (χ0v) is 16.9. The van der Waals surface area contributed by atoms with Crippen LogP contribution >= 0.6 is 23.8 Å². The van der Waals surface area contributed by atoms with Crippen LogP contribution in [0.4, 0.5) is 5.69 Å². The molecule has 1 fully saturated rings. The van der Waals surface area contributed by atoms with E-state index in [4.69, 9.17) is 28.6 Å². The fourth-order valence-electron chi connectivity index (χ4n) is 4.13. The summed E-state index contributed by atoms with van der Waals surface area (Å²) in [5.41, 5.74) is 2.12. The molecule has 2 bridgehead atoms. The van der Waals surface area contributed by atoms with Gasteiger partial charge in [0.25, 0.3) is 5.56 Å². The van der Waals surface area contributed by atoms with Gasteiger partial charge in [-0.15, -0.1) is 0 Å². The van der Waals surface area contributed by atoms with Crippen molar-refractivity contribution in [3.05, 3.63) is 63.0 Å². The Kier molecular flexibility index (Phi) is 5.12. The summed E-state index contributed by atoms with van der Waals surface area (Å²) in [7, 11) is 1.32. The molecule has 6 nitrogen and oxygen atoms in total. The molecule has 2 aliphatic rings. The van der Waals surface area contributed by atoms with Crippen molar-refractivity contribution in [3.63, 3.8) is 0 Å². The van der Waals surface area contributed by atoms with Crippen molar-refractivity contribution >= 4 is 40.6 Å². The first kappa shape index (κ1) is 19.0. The largest absolute Gasteiger partial charge is 0.465 e. The van der Waals surface area contributed by atoms with E-state index in [9.17, 15) is 9.59 Å². The number of hydrogen-bond donors (Lipinski definition) is 1. The molecule has 1 aromatic carbocycles. The minimum atomic E-state index is -0.492. The molecule has 1 unspecified atom stereocenters. The molecule has 0 spiro atoms. The molecular formula is C20H20ClN3O3S. The molecule has 3 heterocycles. The number of halogens is 1. The molecule has 28 heavy (non-hydrogen) atoms. The van der Waals surface area contributed by atoms with Crippen molar-refractivity contribution in [2.24, 2.45) is 5.92 Å². The molecule has 146 valence electrons. The van der Waals surface area contributed by atoms with Gasteiger partial charge in [0.15, 0.2) is 5.11 Å². The third-order valence-corrected chi connectivity index (χ3v) is 6.08. The predicted octanol–water partition coefficient (Wildman–Crippen LogP) is 3.10. The summed E-state index contributed by atoms with van der Waals surface area (Å²) in [6.07, 6.45) is 1.07. The van der Waals surface area contributed by atoms with Crippen molar-refractivity contribution in [3.8, 4) is 0 Å². The Hall–Kier alpha value is -2.38. The van der Waals surface area contributed by atoms with Gasteiger partial charge in [0.05, 0.1) is 17.7 Å². The van der Waals surface area contributed by atoms with Gasteiger partial charge >= 0.3 is 5.97 Å². The number of rotatable bonds is 2. The number of methoxy groups -OCH3 is 1. The number of carbonyl (C=O) groups excluding carboxylic acids is 1. The second-order valence-corrected chi connectivity index (χ2v) is 8.01. The topological polar surface area (TPSA) is 63.6 Å². The highest BCUT2D eigenvalue weighted by Gasteiger charge is 2.35. The standard InChI is InChI=1S/C20H20ClN3O3S/c1-27-19(26)15-8-14(5-6-16(15)21)22-20(28)23-9-12-7-13(11-23)17-3-2-4-18(25)24(17)10-12/h2-6,8,12-13H,7,9-11H2,1H3,(H,22,28)/t12-,13?/m0/s1. The number of thiocarbonyl (C=S) groups is 1. The lowest BCUT2D eigenvalue weighted by atomic mass is 9.83. The predicted molar refractivity (Wildman–Crippen MR) is 112 cm³/mol. The van der Waals surface area contributed by atoms with E-state index in [-0.39, 0.29) is 11.5 Å². The van der Waals surface area contributed by atoms with Crippen molar-refractivity contribution in [1.82, 2.24) is 9.47 Å². The number of ether oxygens (including phenoxy) is 1. The Labute approximate surface area is 173 Å². The number of nitrogens with zero attached hydrogens (tertiary/aromatic N) is 2. The van der Waals surface area contributed by atoms with Crippen LogP contribution in [0.5, 0.6) is 0 Å². The van der Waals surface area contributed by atoms with E-state index in [0.717, 1.165) is 31.7 Å². The average molecular weight is 418 g/mol. The van der Waals surface area contributed by atoms with Gasteiger partial charge in [0.2, 0.25) is 0 Å². The average Bonchev–Trinajstić information content (AvgIpc) is 2.69. The lowest BCUT2D eigenvalue weighted by molar-refractivity contribution is 0.0601. The first-order valence-electron chi connectivity index (χ1n) is 9.10. The Balaban J connectivity index is 1.51. The summed E-state index contributed by atoms with van der Waals surface area (Å²) in [5.74, 6) is 0.160. The number of carbonyl (C=O) groups is 1. The molecule has 1 N–H and O–H groups in total. The van der Waals surface area contributed by atoms with Gasteiger partial charge in [-0.1, -0.05) is 17.7 Å². The molecule has 2 atom stereocenters. The van der Waals surface area contributed by atoms with E-state index in [2.05, 4.69) is 10.2 Å². The minimum absolute atomic E-state index is 0.0675. The number of anilines is 1. The number of nitrogens with one attached hydrogen (secondary N) is 1. The number of esters is 1. The second kappa shape index (κ2) is 7.56. The van der Waals surface area contributed by atoms with Crippen LogP contribution in [0, 0.1) is 5.92 Å². The van der Waals surface area contributed by atoms with Crippen molar-refractivity contribution in [2.45, 2.75) is 18.9 Å². The van der Waals surface area contributed by atoms with Gasteiger partial charge in [0.1, 0.15) is 0 Å². The number of hydrogen-bond acceptors (Lipinski definition) is 4. The molecule has 4 rings (SSSR count). The number of piperidine rings is 1. The Morgan fingerprint density at radius 2 is 2.07 bits per heavy atom. The maximum absolute atomic E-state index is 12.2. The summed E-state index contributed by atoms with van der Waals surface area (Å²) in [5, 5.41) is 4.13. The Morgan fingerprint density at radius 3 is 2.86 bits per heavy atom. The van der Waals surface area contributed by atoms with Crippen LogP contribution in [0.2, 0.25) is 5.02 Å². The number of aromatic nitrogens is 1. The lowest BCUT2D eigenvalue weighted by Gasteiger charge is -2.43. The fraction of sp³-hybridized carbons (Fsp3) is 0.350. The van der Waals surface area contributed by atoms with E-state index in [0.29, 0.717) is 27.3 Å². The molecule has 2 aromatic rings. The minimum Gasteiger partial charge on any atom is -0.465 e. The van der Waals surface area contributed by atoms with Gasteiger partial charge in [-0.05, 0) is 48.8 Å². The summed E-state index contributed by atoms with van der Waals surface area (Å²) >= 11 is 11.7.